The molecular formula is C19H32ClN3O2S. The minimum absolute atomic E-state index is 0. The quantitative estimate of drug-likeness (QED) is 0.502. The van der Waals surface area contributed by atoms with Crippen LogP contribution in [0.15, 0.2) is 29.2 Å². The third kappa shape index (κ3) is 7.64. The molecular weight excluding hydrogens is 370 g/mol. The molecule has 1 aromatic carbocycles. The first kappa shape index (κ1) is 22.9. The maximum atomic E-state index is 11.2. The number of anilines is 1. The molecule has 0 saturated carbocycles. The van der Waals surface area contributed by atoms with Crippen molar-refractivity contribution in [1.29, 1.82) is 0 Å². The summed E-state index contributed by atoms with van der Waals surface area (Å²) in [5, 5.41) is 2.78. The van der Waals surface area contributed by atoms with Crippen molar-refractivity contribution in [3.05, 3.63) is 24.3 Å². The van der Waals surface area contributed by atoms with E-state index in [-0.39, 0.29) is 18.5 Å². The molecule has 148 valence electrons. The number of hydrogen-bond acceptors (Lipinski definition) is 5. The molecule has 1 saturated heterocycles. The van der Waals surface area contributed by atoms with E-state index in [1.54, 1.807) is 0 Å². The Hall–Kier alpha value is -1.11. The van der Waals surface area contributed by atoms with Crippen LogP contribution in [0.3, 0.4) is 0 Å². The summed E-state index contributed by atoms with van der Waals surface area (Å²) < 4.78 is 4.86. The number of piperazine rings is 1. The summed E-state index contributed by atoms with van der Waals surface area (Å²) in [6, 6.07) is 8.76. The number of carbonyl (C=O) groups excluding carboxylic acids is 1. The van der Waals surface area contributed by atoms with Crippen LogP contribution < -0.4 is 10.2 Å². The van der Waals surface area contributed by atoms with Gasteiger partial charge in [0.05, 0.1) is 12.3 Å². The highest BCUT2D eigenvalue weighted by molar-refractivity contribution is 7.99. The molecule has 1 aliphatic heterocycles. The minimum Gasteiger partial charge on any atom is -0.450 e. The lowest BCUT2D eigenvalue weighted by Crippen LogP contribution is -2.47. The van der Waals surface area contributed by atoms with Crippen molar-refractivity contribution < 1.29 is 9.53 Å². The van der Waals surface area contributed by atoms with Gasteiger partial charge in [0.25, 0.3) is 0 Å². The Labute approximate surface area is 168 Å². The predicted molar refractivity (Wildman–Crippen MR) is 113 cm³/mol. The molecule has 1 N–H and O–H groups in total. The fourth-order valence-corrected chi connectivity index (χ4v) is 3.88. The standard InChI is InChI=1S/C19H31N3O2S.ClH/c1-3-16-25-18-9-6-5-8-17(18)22-14-12-21(13-15-22)11-7-10-20-19(23)24-4-2;/h5-6,8-9H,3-4,7,10-16H2,1-2H3,(H,20,23);1H. The van der Waals surface area contributed by atoms with Crippen molar-refractivity contribution in [2.75, 3.05) is 56.5 Å². The Morgan fingerprint density at radius 2 is 1.92 bits per heavy atom. The van der Waals surface area contributed by atoms with Crippen LogP contribution in [0.2, 0.25) is 0 Å². The first-order chi connectivity index (χ1) is 12.2. The summed E-state index contributed by atoms with van der Waals surface area (Å²) in [7, 11) is 0. The van der Waals surface area contributed by atoms with E-state index in [1.807, 2.05) is 18.7 Å². The zero-order chi connectivity index (χ0) is 17.9. The number of amides is 1. The summed E-state index contributed by atoms with van der Waals surface area (Å²) in [5.41, 5.74) is 1.38. The van der Waals surface area contributed by atoms with Gasteiger partial charge in [-0.1, -0.05) is 19.1 Å². The Kier molecular flexibility index (Phi) is 11.6. The van der Waals surface area contributed by atoms with Gasteiger partial charge in [0.15, 0.2) is 0 Å². The van der Waals surface area contributed by atoms with Crippen LogP contribution in [-0.2, 0) is 4.74 Å². The second-order valence-corrected chi connectivity index (χ2v) is 7.28. The fraction of sp³-hybridized carbons (Fsp3) is 0.632. The molecule has 5 nitrogen and oxygen atoms in total. The third-order valence-electron chi connectivity index (χ3n) is 4.24. The zero-order valence-corrected chi connectivity index (χ0v) is 17.5. The van der Waals surface area contributed by atoms with E-state index in [2.05, 4.69) is 46.3 Å². The zero-order valence-electron chi connectivity index (χ0n) is 15.9. The molecule has 1 amide bonds. The number of benzene rings is 1. The molecule has 1 heterocycles. The molecule has 0 unspecified atom stereocenters. The molecule has 0 atom stereocenters. The molecule has 26 heavy (non-hydrogen) atoms. The lowest BCUT2D eigenvalue weighted by molar-refractivity contribution is 0.151. The van der Waals surface area contributed by atoms with Crippen LogP contribution in [0.1, 0.15) is 26.7 Å². The number of nitrogens with one attached hydrogen (secondary N) is 1. The van der Waals surface area contributed by atoms with Crippen molar-refractivity contribution in [3.63, 3.8) is 0 Å². The lowest BCUT2D eigenvalue weighted by atomic mass is 10.2. The minimum atomic E-state index is -0.312. The van der Waals surface area contributed by atoms with E-state index in [0.717, 1.165) is 39.1 Å². The molecule has 0 bridgehead atoms. The Morgan fingerprint density at radius 1 is 1.19 bits per heavy atom. The fourth-order valence-electron chi connectivity index (χ4n) is 2.94. The SMILES string of the molecule is CCCSc1ccccc1N1CCN(CCCNC(=O)OCC)CC1.Cl. The molecule has 1 fully saturated rings. The summed E-state index contributed by atoms with van der Waals surface area (Å²) in [4.78, 5) is 17.6. The molecule has 7 heteroatoms. The van der Waals surface area contributed by atoms with E-state index in [1.165, 1.54) is 22.8 Å². The summed E-state index contributed by atoms with van der Waals surface area (Å²) in [6.07, 6.45) is 1.85. The summed E-state index contributed by atoms with van der Waals surface area (Å²) in [5.74, 6) is 1.17. The topological polar surface area (TPSA) is 44.8 Å². The van der Waals surface area contributed by atoms with E-state index in [9.17, 15) is 4.79 Å². The molecule has 0 radical (unpaired) electrons. The maximum Gasteiger partial charge on any atom is 0.407 e. The van der Waals surface area contributed by atoms with E-state index >= 15 is 0 Å². The van der Waals surface area contributed by atoms with Crippen LogP contribution in [0.25, 0.3) is 0 Å². The number of alkyl carbamates (subject to hydrolysis) is 1. The monoisotopic (exact) mass is 401 g/mol. The number of ether oxygens (including phenoxy) is 1. The van der Waals surface area contributed by atoms with Crippen molar-refractivity contribution in [2.24, 2.45) is 0 Å². The number of nitrogens with zero attached hydrogens (tertiary/aromatic N) is 2. The van der Waals surface area contributed by atoms with Gasteiger partial charge in [-0.3, -0.25) is 4.90 Å². The van der Waals surface area contributed by atoms with Gasteiger partial charge in [-0.15, -0.1) is 24.2 Å². The van der Waals surface area contributed by atoms with Gasteiger partial charge >= 0.3 is 6.09 Å². The van der Waals surface area contributed by atoms with Crippen molar-refractivity contribution in [2.45, 2.75) is 31.6 Å². The number of hydrogen-bond donors (Lipinski definition) is 1. The molecule has 0 aliphatic carbocycles. The van der Waals surface area contributed by atoms with Crippen molar-refractivity contribution in [1.82, 2.24) is 10.2 Å². The van der Waals surface area contributed by atoms with Crippen molar-refractivity contribution >= 4 is 35.9 Å². The predicted octanol–water partition coefficient (Wildman–Crippen LogP) is 3.87. The second-order valence-electron chi connectivity index (χ2n) is 6.15. The van der Waals surface area contributed by atoms with Crippen LogP contribution in [0.5, 0.6) is 0 Å². The largest absolute Gasteiger partial charge is 0.450 e. The smallest absolute Gasteiger partial charge is 0.407 e. The number of rotatable bonds is 9. The highest BCUT2D eigenvalue weighted by Gasteiger charge is 2.18. The van der Waals surface area contributed by atoms with Gasteiger partial charge in [0.1, 0.15) is 0 Å². The Morgan fingerprint density at radius 3 is 2.62 bits per heavy atom. The normalized spacial score (nSPS) is 14.6. The Balaban J connectivity index is 0.00000338. The lowest BCUT2D eigenvalue weighted by Gasteiger charge is -2.37. The van der Waals surface area contributed by atoms with Gasteiger partial charge in [0, 0.05) is 37.6 Å². The molecule has 0 spiro atoms. The Bertz CT molecular complexity index is 525. The number of thioether (sulfide) groups is 1. The average molecular weight is 402 g/mol. The van der Waals surface area contributed by atoms with Gasteiger partial charge in [-0.05, 0) is 44.2 Å². The average Bonchev–Trinajstić information content (AvgIpc) is 2.64. The van der Waals surface area contributed by atoms with Crippen LogP contribution >= 0.6 is 24.2 Å². The van der Waals surface area contributed by atoms with Crippen LogP contribution in [0.4, 0.5) is 10.5 Å². The molecule has 0 aromatic heterocycles. The van der Waals surface area contributed by atoms with E-state index < -0.39 is 0 Å². The maximum absolute atomic E-state index is 11.2. The van der Waals surface area contributed by atoms with Crippen LogP contribution in [-0.4, -0.2) is 62.6 Å². The van der Waals surface area contributed by atoms with Crippen molar-refractivity contribution in [3.8, 4) is 0 Å². The van der Waals surface area contributed by atoms with E-state index in [0.29, 0.717) is 13.2 Å². The first-order valence-corrected chi connectivity index (χ1v) is 10.3. The number of para-hydroxylation sites is 1. The number of halogens is 1. The number of carbonyl (C=O) groups is 1. The molecule has 1 aromatic rings. The molecule has 2 rings (SSSR count). The third-order valence-corrected chi connectivity index (χ3v) is 5.50. The first-order valence-electron chi connectivity index (χ1n) is 9.34. The molecule has 1 aliphatic rings. The van der Waals surface area contributed by atoms with E-state index in [4.69, 9.17) is 4.74 Å². The highest BCUT2D eigenvalue weighted by Crippen LogP contribution is 2.31. The summed E-state index contributed by atoms with van der Waals surface area (Å²) in [6.45, 7) is 10.4. The second kappa shape index (κ2) is 13.1. The van der Waals surface area contributed by atoms with Gasteiger partial charge in [-0.2, -0.15) is 0 Å². The van der Waals surface area contributed by atoms with Gasteiger partial charge in [-0.25, -0.2) is 4.79 Å². The van der Waals surface area contributed by atoms with Crippen LogP contribution in [0, 0.1) is 0 Å². The summed E-state index contributed by atoms with van der Waals surface area (Å²) >= 11 is 1.96. The van der Waals surface area contributed by atoms with Gasteiger partial charge < -0.3 is 15.0 Å². The van der Waals surface area contributed by atoms with Gasteiger partial charge in [0.2, 0.25) is 0 Å². The highest BCUT2D eigenvalue weighted by atomic mass is 35.5.